The van der Waals surface area contributed by atoms with E-state index >= 15 is 0 Å². The molecule has 0 radical (unpaired) electrons. The van der Waals surface area contributed by atoms with Crippen LogP contribution in [0.4, 0.5) is 10.5 Å². The second-order valence-corrected chi connectivity index (χ2v) is 8.12. The van der Waals surface area contributed by atoms with Gasteiger partial charge in [0.25, 0.3) is 0 Å². The van der Waals surface area contributed by atoms with E-state index in [0.29, 0.717) is 0 Å². The van der Waals surface area contributed by atoms with Crippen molar-refractivity contribution >= 4 is 23.5 Å². The van der Waals surface area contributed by atoms with Crippen LogP contribution in [0.1, 0.15) is 30.6 Å². The van der Waals surface area contributed by atoms with Crippen LogP contribution in [-0.4, -0.2) is 51.9 Å². The maximum atomic E-state index is 12.3. The molecule has 1 aliphatic heterocycles. The van der Waals surface area contributed by atoms with Crippen molar-refractivity contribution in [1.82, 2.24) is 25.0 Å². The van der Waals surface area contributed by atoms with Crippen LogP contribution < -0.4 is 10.6 Å². The van der Waals surface area contributed by atoms with E-state index in [-0.39, 0.29) is 17.3 Å². The number of piperidine rings is 1. The molecule has 0 spiro atoms. The number of urea groups is 1. The molecule has 7 nitrogen and oxygen atoms in total. The highest BCUT2D eigenvalue weighted by molar-refractivity contribution is 7.99. The van der Waals surface area contributed by atoms with Crippen LogP contribution in [0.5, 0.6) is 0 Å². The minimum Gasteiger partial charge on any atom is -0.334 e. The van der Waals surface area contributed by atoms with Crippen molar-refractivity contribution in [2.45, 2.75) is 36.2 Å². The molecule has 1 aromatic carbocycles. The fraction of sp³-hybridized carbons (Fsp3) is 0.500. The van der Waals surface area contributed by atoms with Crippen LogP contribution in [0.15, 0.2) is 35.7 Å². The predicted octanol–water partition coefficient (Wildman–Crippen LogP) is 2.88. The van der Waals surface area contributed by atoms with Crippen molar-refractivity contribution in [2.24, 2.45) is 7.05 Å². The van der Waals surface area contributed by atoms with Gasteiger partial charge in [-0.2, -0.15) is 0 Å². The van der Waals surface area contributed by atoms with Gasteiger partial charge in [0, 0.05) is 30.6 Å². The SMILES string of the molecule is CC(Sc1nncn1C)c1cccc(NC(=O)NC2CCCN(C)C2)c1. The number of hydrogen-bond acceptors (Lipinski definition) is 5. The first kappa shape index (κ1) is 18.7. The van der Waals surface area contributed by atoms with Gasteiger partial charge in [0.05, 0.1) is 0 Å². The van der Waals surface area contributed by atoms with Gasteiger partial charge in [0.1, 0.15) is 6.33 Å². The Morgan fingerprint density at radius 2 is 2.23 bits per heavy atom. The number of aryl methyl sites for hydroxylation is 1. The molecule has 2 amide bonds. The topological polar surface area (TPSA) is 75.1 Å². The Morgan fingerprint density at radius 3 is 2.96 bits per heavy atom. The fourth-order valence-electron chi connectivity index (χ4n) is 3.11. The highest BCUT2D eigenvalue weighted by atomic mass is 32.2. The second-order valence-electron chi connectivity index (χ2n) is 6.81. The first-order chi connectivity index (χ1) is 12.5. The van der Waals surface area contributed by atoms with E-state index in [1.54, 1.807) is 18.1 Å². The van der Waals surface area contributed by atoms with Crippen LogP contribution >= 0.6 is 11.8 Å². The van der Waals surface area contributed by atoms with Gasteiger partial charge in [-0.1, -0.05) is 23.9 Å². The molecule has 2 aromatic rings. The number of benzene rings is 1. The smallest absolute Gasteiger partial charge is 0.319 e. The average molecular weight is 375 g/mol. The molecule has 8 heteroatoms. The summed E-state index contributed by atoms with van der Waals surface area (Å²) in [5.41, 5.74) is 1.93. The number of rotatable bonds is 5. The Kier molecular flexibility index (Phi) is 6.16. The number of nitrogens with zero attached hydrogens (tertiary/aromatic N) is 4. The van der Waals surface area contributed by atoms with Crippen molar-refractivity contribution in [2.75, 3.05) is 25.5 Å². The molecule has 1 saturated heterocycles. The maximum Gasteiger partial charge on any atom is 0.319 e. The normalized spacial score (nSPS) is 19.1. The molecule has 0 bridgehead atoms. The van der Waals surface area contributed by atoms with Gasteiger partial charge in [-0.05, 0) is 51.1 Å². The molecule has 1 aromatic heterocycles. The third-order valence-corrected chi connectivity index (χ3v) is 5.73. The number of thioether (sulfide) groups is 1. The zero-order valence-corrected chi connectivity index (χ0v) is 16.3. The summed E-state index contributed by atoms with van der Waals surface area (Å²) >= 11 is 1.64. The number of aromatic nitrogens is 3. The van der Waals surface area contributed by atoms with Gasteiger partial charge >= 0.3 is 6.03 Å². The Hall–Kier alpha value is -2.06. The van der Waals surface area contributed by atoms with Gasteiger partial charge in [-0.3, -0.25) is 0 Å². The van der Waals surface area contributed by atoms with E-state index in [2.05, 4.69) is 45.8 Å². The molecule has 3 rings (SSSR count). The Balaban J connectivity index is 1.58. The number of carbonyl (C=O) groups is 1. The average Bonchev–Trinajstić information content (AvgIpc) is 3.00. The summed E-state index contributed by atoms with van der Waals surface area (Å²) in [6, 6.07) is 8.02. The van der Waals surface area contributed by atoms with Gasteiger partial charge in [0.15, 0.2) is 5.16 Å². The fourth-order valence-corrected chi connectivity index (χ4v) is 4.02. The Labute approximate surface area is 158 Å². The molecule has 140 valence electrons. The van der Waals surface area contributed by atoms with Crippen LogP contribution in [0, 0.1) is 0 Å². The Bertz CT molecular complexity index is 749. The lowest BCUT2D eigenvalue weighted by Crippen LogP contribution is -2.47. The van der Waals surface area contributed by atoms with E-state index in [4.69, 9.17) is 0 Å². The molecular weight excluding hydrogens is 348 g/mol. The van der Waals surface area contributed by atoms with Crippen LogP contribution in [0.25, 0.3) is 0 Å². The summed E-state index contributed by atoms with van der Waals surface area (Å²) in [5.74, 6) is 0. The molecule has 1 aliphatic rings. The molecule has 0 saturated carbocycles. The van der Waals surface area contributed by atoms with Crippen molar-refractivity contribution < 1.29 is 4.79 Å². The van der Waals surface area contributed by atoms with Gasteiger partial charge in [0.2, 0.25) is 0 Å². The molecule has 1 fully saturated rings. The zero-order valence-electron chi connectivity index (χ0n) is 15.5. The molecule has 2 N–H and O–H groups in total. The minimum absolute atomic E-state index is 0.143. The van der Waals surface area contributed by atoms with Gasteiger partial charge < -0.3 is 20.1 Å². The van der Waals surface area contributed by atoms with Crippen molar-refractivity contribution in [1.29, 1.82) is 0 Å². The number of carbonyl (C=O) groups excluding carboxylic acids is 1. The van der Waals surface area contributed by atoms with Crippen LogP contribution in [0.2, 0.25) is 0 Å². The van der Waals surface area contributed by atoms with E-state index in [0.717, 1.165) is 42.3 Å². The summed E-state index contributed by atoms with van der Waals surface area (Å²) in [6.07, 6.45) is 3.84. The lowest BCUT2D eigenvalue weighted by atomic mass is 10.1. The number of hydrogen-bond donors (Lipinski definition) is 2. The van der Waals surface area contributed by atoms with E-state index in [1.807, 2.05) is 29.8 Å². The highest BCUT2D eigenvalue weighted by Gasteiger charge is 2.19. The maximum absolute atomic E-state index is 12.3. The zero-order chi connectivity index (χ0) is 18.5. The van der Waals surface area contributed by atoms with Crippen molar-refractivity contribution in [3.8, 4) is 0 Å². The Morgan fingerprint density at radius 1 is 1.38 bits per heavy atom. The highest BCUT2D eigenvalue weighted by Crippen LogP contribution is 2.34. The summed E-state index contributed by atoms with van der Waals surface area (Å²) in [4.78, 5) is 14.6. The first-order valence-corrected chi connectivity index (χ1v) is 9.76. The monoisotopic (exact) mass is 374 g/mol. The molecule has 26 heavy (non-hydrogen) atoms. The lowest BCUT2D eigenvalue weighted by Gasteiger charge is -2.30. The van der Waals surface area contributed by atoms with E-state index < -0.39 is 0 Å². The quantitative estimate of drug-likeness (QED) is 0.787. The molecule has 2 unspecified atom stereocenters. The van der Waals surface area contributed by atoms with Crippen molar-refractivity contribution in [3.05, 3.63) is 36.2 Å². The third-order valence-electron chi connectivity index (χ3n) is 4.53. The molecular formula is C18H26N6OS. The van der Waals surface area contributed by atoms with E-state index in [9.17, 15) is 4.79 Å². The molecule has 2 heterocycles. The van der Waals surface area contributed by atoms with Gasteiger partial charge in [-0.25, -0.2) is 4.79 Å². The summed E-state index contributed by atoms with van der Waals surface area (Å²) in [6.45, 7) is 4.12. The van der Waals surface area contributed by atoms with E-state index in [1.165, 1.54) is 0 Å². The van der Waals surface area contributed by atoms with Crippen molar-refractivity contribution in [3.63, 3.8) is 0 Å². The summed E-state index contributed by atoms with van der Waals surface area (Å²) < 4.78 is 1.90. The molecule has 0 aliphatic carbocycles. The molecule has 2 atom stereocenters. The number of likely N-dealkylation sites (N-methyl/N-ethyl adjacent to an activating group) is 1. The summed E-state index contributed by atoms with van der Waals surface area (Å²) in [7, 11) is 4.02. The van der Waals surface area contributed by atoms with Gasteiger partial charge in [-0.15, -0.1) is 10.2 Å². The third kappa shape index (κ3) is 4.98. The minimum atomic E-state index is -0.143. The number of anilines is 1. The second kappa shape index (κ2) is 8.55. The largest absolute Gasteiger partial charge is 0.334 e. The number of amides is 2. The summed E-state index contributed by atoms with van der Waals surface area (Å²) in [5, 5.41) is 15.1. The lowest BCUT2D eigenvalue weighted by molar-refractivity contribution is 0.216. The predicted molar refractivity (Wildman–Crippen MR) is 104 cm³/mol. The number of likely N-dealkylation sites (tertiary alicyclic amines) is 1. The van der Waals surface area contributed by atoms with Crippen LogP contribution in [0.3, 0.4) is 0 Å². The van der Waals surface area contributed by atoms with Crippen LogP contribution in [-0.2, 0) is 7.05 Å². The number of nitrogens with one attached hydrogen (secondary N) is 2. The standard InChI is InChI=1S/C18H26N6OS/c1-13(26-18-22-19-12-24(18)3)14-6-4-7-15(10-14)20-17(25)21-16-8-5-9-23(2)11-16/h4,6-7,10,12-13,16H,5,8-9,11H2,1-3H3,(H2,20,21,25). The first-order valence-electron chi connectivity index (χ1n) is 8.88.